The van der Waals surface area contributed by atoms with Gasteiger partial charge in [0.05, 0.1) is 0 Å². The number of benzene rings is 1. The van der Waals surface area contributed by atoms with Crippen molar-refractivity contribution in [2.75, 3.05) is 0 Å². The molecular weight excluding hydrogens is 304 g/mol. The van der Waals surface area contributed by atoms with E-state index < -0.39 is 17.2 Å². The summed E-state index contributed by atoms with van der Waals surface area (Å²) in [7, 11) is 0. The summed E-state index contributed by atoms with van der Waals surface area (Å²) in [5, 5.41) is 8.81. The Balaban J connectivity index is 1.65. The van der Waals surface area contributed by atoms with Gasteiger partial charge in [0.1, 0.15) is 23.3 Å². The van der Waals surface area contributed by atoms with Gasteiger partial charge >= 0.3 is 0 Å². The van der Waals surface area contributed by atoms with Gasteiger partial charge in [-0.15, -0.1) is 0 Å². The first-order valence-corrected chi connectivity index (χ1v) is 9.51. The number of hydrogen-bond donors (Lipinski definition) is 0. The van der Waals surface area contributed by atoms with Crippen LogP contribution in [0, 0.1) is 40.7 Å². The van der Waals surface area contributed by atoms with E-state index in [-0.39, 0.29) is 5.92 Å². The summed E-state index contributed by atoms with van der Waals surface area (Å²) in [5.41, 5.74) is 0.291. The predicted molar refractivity (Wildman–Crippen MR) is 91.5 cm³/mol. The first kappa shape index (κ1) is 17.4. The van der Waals surface area contributed by atoms with Crippen LogP contribution < -0.4 is 0 Å². The van der Waals surface area contributed by atoms with Crippen molar-refractivity contribution < 1.29 is 8.78 Å². The number of rotatable bonds is 4. The van der Waals surface area contributed by atoms with Crippen LogP contribution in [0.4, 0.5) is 8.78 Å². The Hall–Kier alpha value is -1.43. The molecule has 0 radical (unpaired) electrons. The van der Waals surface area contributed by atoms with Gasteiger partial charge < -0.3 is 0 Å². The van der Waals surface area contributed by atoms with Gasteiger partial charge in [0.15, 0.2) is 0 Å². The Morgan fingerprint density at radius 2 is 1.71 bits per heavy atom. The Morgan fingerprint density at radius 3 is 2.38 bits per heavy atom. The summed E-state index contributed by atoms with van der Waals surface area (Å²) >= 11 is 0. The Kier molecular flexibility index (Phi) is 5.54. The maximum Gasteiger partial charge on any atom is 0.144 e. The summed E-state index contributed by atoms with van der Waals surface area (Å²) in [6, 6.07) is 4.39. The van der Waals surface area contributed by atoms with Crippen LogP contribution in [-0.2, 0) is 0 Å². The highest BCUT2D eigenvalue weighted by Gasteiger charge is 2.36. The highest BCUT2D eigenvalue weighted by molar-refractivity contribution is 5.36. The number of unbranched alkanes of at least 4 members (excludes halogenated alkanes) is 1. The van der Waals surface area contributed by atoms with E-state index in [1.54, 1.807) is 6.07 Å². The van der Waals surface area contributed by atoms with Gasteiger partial charge in [-0.2, -0.15) is 5.26 Å². The average molecular weight is 331 g/mol. The van der Waals surface area contributed by atoms with E-state index in [1.165, 1.54) is 57.1 Å². The fraction of sp³-hybridized carbons (Fsp3) is 0.667. The molecule has 0 amide bonds. The SMILES string of the molecule is CCCC[C@@H]1CC[C@@H]2C[C@H](c3cc(F)c(C#N)c(F)c3)CC[C@@H]2C1. The molecule has 2 aliphatic rings. The minimum absolute atomic E-state index is 0.246. The van der Waals surface area contributed by atoms with Crippen LogP contribution in [0.2, 0.25) is 0 Å². The van der Waals surface area contributed by atoms with E-state index in [0.717, 1.165) is 30.2 Å². The average Bonchev–Trinajstić information content (AvgIpc) is 2.59. The number of halogens is 2. The minimum Gasteiger partial charge on any atom is -0.205 e. The predicted octanol–water partition coefficient (Wildman–Crippen LogP) is 6.33. The van der Waals surface area contributed by atoms with E-state index in [4.69, 9.17) is 5.26 Å². The van der Waals surface area contributed by atoms with Crippen LogP contribution in [-0.4, -0.2) is 0 Å². The molecule has 3 heteroatoms. The van der Waals surface area contributed by atoms with Gasteiger partial charge in [0.25, 0.3) is 0 Å². The molecule has 1 aromatic rings. The molecule has 2 saturated carbocycles. The Labute approximate surface area is 144 Å². The fourth-order valence-electron chi connectivity index (χ4n) is 4.98. The maximum absolute atomic E-state index is 13.9. The molecule has 0 unspecified atom stereocenters. The van der Waals surface area contributed by atoms with Gasteiger partial charge in [-0.05, 0) is 73.5 Å². The number of nitriles is 1. The van der Waals surface area contributed by atoms with Crippen molar-refractivity contribution in [2.45, 2.75) is 70.6 Å². The van der Waals surface area contributed by atoms with E-state index in [9.17, 15) is 8.78 Å². The highest BCUT2D eigenvalue weighted by Crippen LogP contribution is 2.48. The minimum atomic E-state index is -0.710. The van der Waals surface area contributed by atoms with Gasteiger partial charge in [-0.3, -0.25) is 0 Å². The largest absolute Gasteiger partial charge is 0.205 e. The van der Waals surface area contributed by atoms with Crippen molar-refractivity contribution in [2.24, 2.45) is 17.8 Å². The van der Waals surface area contributed by atoms with E-state index in [0.29, 0.717) is 5.92 Å². The fourth-order valence-corrected chi connectivity index (χ4v) is 4.98. The number of fused-ring (bicyclic) bond motifs is 1. The summed E-state index contributed by atoms with van der Waals surface area (Å²) in [4.78, 5) is 0. The summed E-state index contributed by atoms with van der Waals surface area (Å²) in [6.07, 6.45) is 11.2. The number of hydrogen-bond acceptors (Lipinski definition) is 1. The second kappa shape index (κ2) is 7.64. The molecule has 4 atom stereocenters. The zero-order chi connectivity index (χ0) is 17.1. The molecule has 0 bridgehead atoms. The standard InChI is InChI=1S/C21H27F2N/c1-2-3-4-14-5-6-16-10-17(8-7-15(16)9-14)18-11-20(22)19(13-24)21(23)12-18/h11-12,14-17H,2-10H2,1H3/t14-,15-,16-,17-/m1/s1. The molecule has 0 N–H and O–H groups in total. The highest BCUT2D eigenvalue weighted by atomic mass is 19.1. The second-order valence-electron chi connectivity index (χ2n) is 7.82. The molecule has 0 aromatic heterocycles. The zero-order valence-electron chi connectivity index (χ0n) is 14.5. The lowest BCUT2D eigenvalue weighted by Gasteiger charge is -2.42. The summed E-state index contributed by atoms with van der Waals surface area (Å²) in [6.45, 7) is 2.26. The number of nitrogens with zero attached hydrogens (tertiary/aromatic N) is 1. The molecule has 24 heavy (non-hydrogen) atoms. The molecule has 0 saturated heterocycles. The molecule has 1 nitrogen and oxygen atoms in total. The lowest BCUT2D eigenvalue weighted by molar-refractivity contribution is 0.113. The molecule has 0 spiro atoms. The van der Waals surface area contributed by atoms with Crippen LogP contribution in [0.25, 0.3) is 0 Å². The molecule has 0 heterocycles. The van der Waals surface area contributed by atoms with E-state index in [1.807, 2.05) is 0 Å². The van der Waals surface area contributed by atoms with Crippen molar-refractivity contribution in [3.05, 3.63) is 34.9 Å². The van der Waals surface area contributed by atoms with Crippen LogP contribution in [0.1, 0.15) is 81.8 Å². The Bertz CT molecular complexity index is 596. The lowest BCUT2D eigenvalue weighted by atomic mass is 9.63. The second-order valence-corrected chi connectivity index (χ2v) is 7.82. The first-order valence-electron chi connectivity index (χ1n) is 9.51. The van der Waals surface area contributed by atoms with Crippen LogP contribution >= 0.6 is 0 Å². The van der Waals surface area contributed by atoms with E-state index in [2.05, 4.69) is 6.92 Å². The van der Waals surface area contributed by atoms with Gasteiger partial charge in [-0.25, -0.2) is 8.78 Å². The van der Waals surface area contributed by atoms with Gasteiger partial charge in [0.2, 0.25) is 0 Å². The third-order valence-electron chi connectivity index (χ3n) is 6.34. The third kappa shape index (κ3) is 3.63. The molecule has 2 fully saturated rings. The molecule has 2 aliphatic carbocycles. The summed E-state index contributed by atoms with van der Waals surface area (Å²) in [5.74, 6) is 1.24. The third-order valence-corrected chi connectivity index (χ3v) is 6.34. The topological polar surface area (TPSA) is 23.8 Å². The lowest BCUT2D eigenvalue weighted by Crippen LogP contribution is -2.30. The van der Waals surface area contributed by atoms with Crippen molar-refractivity contribution in [1.82, 2.24) is 0 Å². The van der Waals surface area contributed by atoms with Crippen LogP contribution in [0.5, 0.6) is 0 Å². The molecule has 3 rings (SSSR count). The molecule has 130 valence electrons. The van der Waals surface area contributed by atoms with Crippen molar-refractivity contribution in [3.8, 4) is 6.07 Å². The first-order chi connectivity index (χ1) is 11.6. The van der Waals surface area contributed by atoms with Crippen molar-refractivity contribution in [1.29, 1.82) is 5.26 Å². The molecule has 1 aromatic carbocycles. The van der Waals surface area contributed by atoms with Gasteiger partial charge in [-0.1, -0.05) is 32.6 Å². The van der Waals surface area contributed by atoms with Crippen LogP contribution in [0.3, 0.4) is 0 Å². The van der Waals surface area contributed by atoms with Gasteiger partial charge in [0, 0.05) is 0 Å². The Morgan fingerprint density at radius 1 is 1.04 bits per heavy atom. The smallest absolute Gasteiger partial charge is 0.144 e. The normalized spacial score (nSPS) is 29.8. The molecular formula is C21H27F2N. The van der Waals surface area contributed by atoms with Crippen molar-refractivity contribution >= 4 is 0 Å². The van der Waals surface area contributed by atoms with E-state index >= 15 is 0 Å². The van der Waals surface area contributed by atoms with Crippen molar-refractivity contribution in [3.63, 3.8) is 0 Å². The molecule has 0 aliphatic heterocycles. The monoisotopic (exact) mass is 331 g/mol. The quantitative estimate of drug-likeness (QED) is 0.632. The zero-order valence-corrected chi connectivity index (χ0v) is 14.5. The summed E-state index contributed by atoms with van der Waals surface area (Å²) < 4.78 is 27.8. The maximum atomic E-state index is 13.9. The van der Waals surface area contributed by atoms with Crippen LogP contribution in [0.15, 0.2) is 12.1 Å².